The lowest BCUT2D eigenvalue weighted by Gasteiger charge is -2.17. The number of hydrogen-bond acceptors (Lipinski definition) is 3. The van der Waals surface area contributed by atoms with E-state index >= 15 is 0 Å². The van der Waals surface area contributed by atoms with Crippen LogP contribution in [0, 0.1) is 0 Å². The highest BCUT2D eigenvalue weighted by molar-refractivity contribution is 5.39. The van der Waals surface area contributed by atoms with Gasteiger partial charge < -0.3 is 10.8 Å². The molecule has 3 nitrogen and oxygen atoms in total. The maximum Gasteiger partial charge on any atom is 0.120 e. The molecule has 2 rings (SSSR count). The smallest absolute Gasteiger partial charge is 0.120 e. The number of benzene rings is 1. The highest BCUT2D eigenvalue weighted by atomic mass is 16.3. The van der Waals surface area contributed by atoms with Crippen molar-refractivity contribution < 1.29 is 5.11 Å². The Balaban J connectivity index is 2.17. The SMILES string of the molecule is NCc1cccc(O)c1CN1CCCC1. The van der Waals surface area contributed by atoms with Crippen molar-refractivity contribution in [3.05, 3.63) is 29.3 Å². The van der Waals surface area contributed by atoms with Gasteiger partial charge in [-0.05, 0) is 37.6 Å². The monoisotopic (exact) mass is 206 g/mol. The number of phenolic OH excluding ortho intramolecular Hbond substituents is 1. The van der Waals surface area contributed by atoms with Gasteiger partial charge in [-0.1, -0.05) is 12.1 Å². The third-order valence-corrected chi connectivity index (χ3v) is 3.05. The summed E-state index contributed by atoms with van der Waals surface area (Å²) in [5, 5.41) is 9.80. The molecule has 15 heavy (non-hydrogen) atoms. The van der Waals surface area contributed by atoms with E-state index < -0.39 is 0 Å². The number of hydrogen-bond donors (Lipinski definition) is 2. The molecule has 0 aliphatic carbocycles. The van der Waals surface area contributed by atoms with Crippen LogP contribution in [0.4, 0.5) is 0 Å². The van der Waals surface area contributed by atoms with E-state index in [0.29, 0.717) is 12.3 Å². The first kappa shape index (κ1) is 10.5. The Morgan fingerprint density at radius 3 is 2.67 bits per heavy atom. The average molecular weight is 206 g/mol. The van der Waals surface area contributed by atoms with Crippen LogP contribution in [0.15, 0.2) is 18.2 Å². The standard InChI is InChI=1S/C12H18N2O/c13-8-10-4-3-5-12(15)11(10)9-14-6-1-2-7-14/h3-5,15H,1-2,6-9,13H2. The Morgan fingerprint density at radius 1 is 1.27 bits per heavy atom. The van der Waals surface area contributed by atoms with E-state index in [1.165, 1.54) is 12.8 Å². The van der Waals surface area contributed by atoms with Gasteiger partial charge in [0.05, 0.1) is 0 Å². The maximum absolute atomic E-state index is 9.80. The number of rotatable bonds is 3. The van der Waals surface area contributed by atoms with Crippen LogP contribution in [0.2, 0.25) is 0 Å². The highest BCUT2D eigenvalue weighted by Gasteiger charge is 2.15. The van der Waals surface area contributed by atoms with Crippen LogP contribution in [-0.2, 0) is 13.1 Å². The highest BCUT2D eigenvalue weighted by Crippen LogP contribution is 2.24. The first-order chi connectivity index (χ1) is 7.31. The molecule has 0 spiro atoms. The molecule has 0 unspecified atom stereocenters. The predicted molar refractivity (Wildman–Crippen MR) is 60.5 cm³/mol. The maximum atomic E-state index is 9.80. The van der Waals surface area contributed by atoms with E-state index in [1.807, 2.05) is 12.1 Å². The second-order valence-corrected chi connectivity index (χ2v) is 4.10. The molecule has 1 aromatic carbocycles. The number of nitrogens with two attached hydrogens (primary N) is 1. The second-order valence-electron chi connectivity index (χ2n) is 4.10. The van der Waals surface area contributed by atoms with Gasteiger partial charge in [-0.2, -0.15) is 0 Å². The Bertz CT molecular complexity index is 332. The van der Waals surface area contributed by atoms with Crippen molar-refractivity contribution >= 4 is 0 Å². The topological polar surface area (TPSA) is 49.5 Å². The first-order valence-corrected chi connectivity index (χ1v) is 5.53. The van der Waals surface area contributed by atoms with E-state index in [9.17, 15) is 5.11 Å². The molecular formula is C12H18N2O. The molecule has 0 saturated carbocycles. The summed E-state index contributed by atoms with van der Waals surface area (Å²) in [6.45, 7) is 3.60. The van der Waals surface area contributed by atoms with Crippen molar-refractivity contribution in [1.82, 2.24) is 4.90 Å². The zero-order chi connectivity index (χ0) is 10.7. The van der Waals surface area contributed by atoms with Gasteiger partial charge in [-0.25, -0.2) is 0 Å². The van der Waals surface area contributed by atoms with Gasteiger partial charge in [0.2, 0.25) is 0 Å². The minimum Gasteiger partial charge on any atom is -0.508 e. The minimum atomic E-state index is 0.379. The van der Waals surface area contributed by atoms with Crippen molar-refractivity contribution in [3.8, 4) is 5.75 Å². The summed E-state index contributed by atoms with van der Waals surface area (Å²) in [5.74, 6) is 0.379. The lowest BCUT2D eigenvalue weighted by atomic mass is 10.1. The van der Waals surface area contributed by atoms with E-state index in [4.69, 9.17) is 5.73 Å². The Kier molecular flexibility index (Phi) is 3.23. The molecule has 3 N–H and O–H groups in total. The zero-order valence-electron chi connectivity index (χ0n) is 8.95. The summed E-state index contributed by atoms with van der Waals surface area (Å²) in [4.78, 5) is 2.37. The summed E-state index contributed by atoms with van der Waals surface area (Å²) in [6, 6.07) is 5.58. The van der Waals surface area contributed by atoms with Crippen molar-refractivity contribution in [3.63, 3.8) is 0 Å². The Labute approximate surface area is 90.5 Å². The fraction of sp³-hybridized carbons (Fsp3) is 0.500. The van der Waals surface area contributed by atoms with Gasteiger partial charge in [-0.15, -0.1) is 0 Å². The number of likely N-dealkylation sites (tertiary alicyclic amines) is 1. The molecule has 1 aliphatic heterocycles. The van der Waals surface area contributed by atoms with Gasteiger partial charge in [0.25, 0.3) is 0 Å². The van der Waals surface area contributed by atoms with Gasteiger partial charge in [0.1, 0.15) is 5.75 Å². The largest absolute Gasteiger partial charge is 0.508 e. The molecule has 0 amide bonds. The van der Waals surface area contributed by atoms with E-state index in [0.717, 1.165) is 30.8 Å². The van der Waals surface area contributed by atoms with Crippen LogP contribution < -0.4 is 5.73 Å². The lowest BCUT2D eigenvalue weighted by molar-refractivity contribution is 0.323. The fourth-order valence-corrected chi connectivity index (χ4v) is 2.16. The van der Waals surface area contributed by atoms with Crippen molar-refractivity contribution in [2.45, 2.75) is 25.9 Å². The Hall–Kier alpha value is -1.06. The van der Waals surface area contributed by atoms with Gasteiger partial charge in [0, 0.05) is 18.7 Å². The third kappa shape index (κ3) is 2.30. The molecule has 3 heteroatoms. The molecule has 82 valence electrons. The van der Waals surface area contributed by atoms with E-state index in [-0.39, 0.29) is 0 Å². The second kappa shape index (κ2) is 4.64. The summed E-state index contributed by atoms with van der Waals surface area (Å²) in [7, 11) is 0. The molecule has 0 bridgehead atoms. The van der Waals surface area contributed by atoms with Crippen LogP contribution in [-0.4, -0.2) is 23.1 Å². The van der Waals surface area contributed by atoms with E-state index in [1.54, 1.807) is 6.07 Å². The van der Waals surface area contributed by atoms with Crippen LogP contribution >= 0.6 is 0 Å². The van der Waals surface area contributed by atoms with Gasteiger partial charge >= 0.3 is 0 Å². The summed E-state index contributed by atoms with van der Waals surface area (Å²) < 4.78 is 0. The van der Waals surface area contributed by atoms with Crippen molar-refractivity contribution in [2.75, 3.05) is 13.1 Å². The minimum absolute atomic E-state index is 0.379. The van der Waals surface area contributed by atoms with Crippen LogP contribution in [0.1, 0.15) is 24.0 Å². The Morgan fingerprint density at radius 2 is 2.00 bits per heavy atom. The molecule has 1 aliphatic rings. The third-order valence-electron chi connectivity index (χ3n) is 3.05. The number of nitrogens with zero attached hydrogens (tertiary/aromatic N) is 1. The molecule has 1 heterocycles. The summed E-state index contributed by atoms with van der Waals surface area (Å²) in [6.07, 6.45) is 2.54. The van der Waals surface area contributed by atoms with Crippen LogP contribution in [0.25, 0.3) is 0 Å². The molecule has 0 radical (unpaired) electrons. The van der Waals surface area contributed by atoms with Gasteiger partial charge in [-0.3, -0.25) is 4.90 Å². The van der Waals surface area contributed by atoms with Crippen molar-refractivity contribution in [2.24, 2.45) is 5.73 Å². The van der Waals surface area contributed by atoms with Crippen molar-refractivity contribution in [1.29, 1.82) is 0 Å². The van der Waals surface area contributed by atoms with Crippen LogP contribution in [0.3, 0.4) is 0 Å². The molecule has 1 fully saturated rings. The number of phenols is 1. The average Bonchev–Trinajstić information content (AvgIpc) is 2.74. The molecular weight excluding hydrogens is 188 g/mol. The predicted octanol–water partition coefficient (Wildman–Crippen LogP) is 1.45. The molecule has 0 aromatic heterocycles. The molecule has 1 aromatic rings. The van der Waals surface area contributed by atoms with Gasteiger partial charge in [0.15, 0.2) is 0 Å². The lowest BCUT2D eigenvalue weighted by Crippen LogP contribution is -2.20. The number of aromatic hydroxyl groups is 1. The normalized spacial score (nSPS) is 17.1. The quantitative estimate of drug-likeness (QED) is 0.787. The summed E-state index contributed by atoms with van der Waals surface area (Å²) >= 11 is 0. The van der Waals surface area contributed by atoms with E-state index in [2.05, 4.69) is 4.90 Å². The molecule has 1 saturated heterocycles. The summed E-state index contributed by atoms with van der Waals surface area (Å²) in [5.41, 5.74) is 7.72. The fourth-order valence-electron chi connectivity index (χ4n) is 2.16. The first-order valence-electron chi connectivity index (χ1n) is 5.53. The van der Waals surface area contributed by atoms with Crippen LogP contribution in [0.5, 0.6) is 5.75 Å². The zero-order valence-corrected chi connectivity index (χ0v) is 8.95. The molecule has 0 atom stereocenters.